The van der Waals surface area contributed by atoms with Crippen LogP contribution in [0.4, 0.5) is 4.79 Å². The van der Waals surface area contributed by atoms with E-state index in [1.54, 1.807) is 0 Å². The lowest BCUT2D eigenvalue weighted by Crippen LogP contribution is -2.39. The lowest BCUT2D eigenvalue weighted by Gasteiger charge is -2.04. The normalized spacial score (nSPS) is 14.6. The fourth-order valence-corrected chi connectivity index (χ4v) is 0.987. The highest BCUT2D eigenvalue weighted by Gasteiger charge is 2.15. The fourth-order valence-electron chi connectivity index (χ4n) is 0.987. The van der Waals surface area contributed by atoms with Crippen molar-refractivity contribution in [2.75, 3.05) is 6.54 Å². The van der Waals surface area contributed by atoms with E-state index >= 15 is 0 Å². The maximum absolute atomic E-state index is 11.1. The van der Waals surface area contributed by atoms with E-state index in [9.17, 15) is 9.59 Å². The summed E-state index contributed by atoms with van der Waals surface area (Å²) >= 11 is 0. The molecule has 0 unspecified atom stereocenters. The smallest absolute Gasteiger partial charge is 0.320 e. The maximum Gasteiger partial charge on any atom is 0.320 e. The Bertz CT molecular complexity index is 262. The van der Waals surface area contributed by atoms with E-state index in [-0.39, 0.29) is 18.4 Å². The van der Waals surface area contributed by atoms with Crippen LogP contribution in [-0.2, 0) is 4.79 Å². The predicted molar refractivity (Wildman–Crippen MR) is 51.6 cm³/mol. The van der Waals surface area contributed by atoms with Crippen LogP contribution in [0.1, 0.15) is 26.2 Å². The van der Waals surface area contributed by atoms with Gasteiger partial charge in [-0.3, -0.25) is 10.1 Å². The second kappa shape index (κ2) is 5.21. The van der Waals surface area contributed by atoms with Gasteiger partial charge in [0.15, 0.2) is 0 Å². The highest BCUT2D eigenvalue weighted by molar-refractivity contribution is 6.09. The quantitative estimate of drug-likeness (QED) is 0.554. The first-order chi connectivity index (χ1) is 6.72. The summed E-state index contributed by atoms with van der Waals surface area (Å²) in [5, 5.41) is 8.77. The van der Waals surface area contributed by atoms with E-state index in [1.165, 1.54) is 0 Å². The van der Waals surface area contributed by atoms with Crippen molar-refractivity contribution < 1.29 is 9.59 Å². The van der Waals surface area contributed by atoms with Gasteiger partial charge < -0.3 is 5.32 Å². The van der Waals surface area contributed by atoms with Gasteiger partial charge in [-0.1, -0.05) is 13.3 Å². The summed E-state index contributed by atoms with van der Waals surface area (Å²) in [5.74, 6) is 0.165. The predicted octanol–water partition coefficient (Wildman–Crippen LogP) is -0.0809. The zero-order chi connectivity index (χ0) is 10.4. The van der Waals surface area contributed by atoms with E-state index in [2.05, 4.69) is 21.2 Å². The molecule has 0 aliphatic carbocycles. The number of nitrogens with one attached hydrogen (secondary N) is 3. The van der Waals surface area contributed by atoms with Crippen LogP contribution in [0.15, 0.2) is 5.10 Å². The molecule has 0 saturated heterocycles. The van der Waals surface area contributed by atoms with Gasteiger partial charge in [0.25, 0.3) is 0 Å². The molecule has 3 amide bonds. The van der Waals surface area contributed by atoms with Gasteiger partial charge >= 0.3 is 6.03 Å². The van der Waals surface area contributed by atoms with Crippen LogP contribution in [0, 0.1) is 0 Å². The van der Waals surface area contributed by atoms with Gasteiger partial charge in [0.1, 0.15) is 5.84 Å². The molecule has 0 radical (unpaired) electrons. The van der Waals surface area contributed by atoms with Gasteiger partial charge in [0, 0.05) is 6.54 Å². The molecule has 0 aromatic heterocycles. The zero-order valence-electron chi connectivity index (χ0n) is 8.09. The molecule has 0 bridgehead atoms. The Morgan fingerprint density at radius 1 is 1.64 bits per heavy atom. The number of nitrogens with zero attached hydrogens (tertiary/aromatic N) is 1. The largest absolute Gasteiger partial charge is 0.338 e. The summed E-state index contributed by atoms with van der Waals surface area (Å²) in [5.41, 5.74) is 2.25. The molecular weight excluding hydrogens is 184 g/mol. The minimum atomic E-state index is -0.311. The first-order valence-corrected chi connectivity index (χ1v) is 4.62. The summed E-state index contributed by atoms with van der Waals surface area (Å²) in [7, 11) is 0. The average Bonchev–Trinajstić information content (AvgIpc) is 2.52. The molecule has 14 heavy (non-hydrogen) atoms. The van der Waals surface area contributed by atoms with Crippen molar-refractivity contribution in [3.8, 4) is 0 Å². The van der Waals surface area contributed by atoms with E-state index < -0.39 is 0 Å². The van der Waals surface area contributed by atoms with Crippen LogP contribution in [-0.4, -0.2) is 24.3 Å². The Balaban J connectivity index is 2.17. The molecule has 0 aromatic carbocycles. The van der Waals surface area contributed by atoms with E-state index in [0.29, 0.717) is 12.4 Å². The molecule has 3 N–H and O–H groups in total. The second-order valence-electron chi connectivity index (χ2n) is 3.00. The molecule has 78 valence electrons. The zero-order valence-corrected chi connectivity index (χ0v) is 8.09. The first kappa shape index (κ1) is 10.5. The Kier molecular flexibility index (Phi) is 3.90. The van der Waals surface area contributed by atoms with Crippen molar-refractivity contribution in [3.63, 3.8) is 0 Å². The summed E-state index contributed by atoms with van der Waals surface area (Å²) in [6, 6.07) is -0.311. The minimum absolute atomic E-state index is 0.140. The van der Waals surface area contributed by atoms with E-state index in [0.717, 1.165) is 12.8 Å². The van der Waals surface area contributed by atoms with Gasteiger partial charge in [0.05, 0.1) is 6.42 Å². The third kappa shape index (κ3) is 3.42. The Morgan fingerprint density at radius 2 is 2.43 bits per heavy atom. The Labute approximate surface area is 82.1 Å². The van der Waals surface area contributed by atoms with Crippen molar-refractivity contribution >= 4 is 17.8 Å². The van der Waals surface area contributed by atoms with Crippen molar-refractivity contribution in [3.05, 3.63) is 0 Å². The molecule has 0 fully saturated rings. The first-order valence-electron chi connectivity index (χ1n) is 4.62. The van der Waals surface area contributed by atoms with Gasteiger partial charge in [-0.25, -0.2) is 10.2 Å². The number of amidine groups is 1. The van der Waals surface area contributed by atoms with Gasteiger partial charge in [-0.15, -0.1) is 0 Å². The molecule has 0 atom stereocenters. The molecule has 1 heterocycles. The van der Waals surface area contributed by atoms with Gasteiger partial charge in [-0.2, -0.15) is 5.10 Å². The second-order valence-corrected chi connectivity index (χ2v) is 3.00. The van der Waals surface area contributed by atoms with Crippen LogP contribution in [0.25, 0.3) is 0 Å². The van der Waals surface area contributed by atoms with Crippen molar-refractivity contribution in [1.82, 2.24) is 16.1 Å². The molecule has 0 saturated carbocycles. The standard InChI is InChI=1S/C8H14N4O2/c1-2-3-4-9-8(14)10-6-5-7(13)12-11-6/h2-5H2,1H3,(H,12,13)(H2,9,10,11,14). The molecule has 1 aliphatic rings. The van der Waals surface area contributed by atoms with Crippen molar-refractivity contribution in [1.29, 1.82) is 0 Å². The minimum Gasteiger partial charge on any atom is -0.338 e. The van der Waals surface area contributed by atoms with E-state index in [4.69, 9.17) is 0 Å². The monoisotopic (exact) mass is 198 g/mol. The van der Waals surface area contributed by atoms with Crippen LogP contribution < -0.4 is 16.1 Å². The van der Waals surface area contributed by atoms with E-state index in [1.807, 2.05) is 6.92 Å². The molecule has 0 spiro atoms. The highest BCUT2D eigenvalue weighted by Crippen LogP contribution is 1.91. The Morgan fingerprint density at radius 3 is 3.00 bits per heavy atom. The van der Waals surface area contributed by atoms with Crippen LogP contribution in [0.3, 0.4) is 0 Å². The number of carbonyl (C=O) groups is 2. The van der Waals surface area contributed by atoms with Gasteiger partial charge in [-0.05, 0) is 6.42 Å². The summed E-state index contributed by atoms with van der Waals surface area (Å²) in [4.78, 5) is 21.8. The van der Waals surface area contributed by atoms with Crippen LogP contribution in [0.5, 0.6) is 0 Å². The fraction of sp³-hybridized carbons (Fsp3) is 0.625. The summed E-state index contributed by atoms with van der Waals surface area (Å²) in [6.45, 7) is 2.68. The number of carbonyl (C=O) groups excluding carboxylic acids is 2. The number of urea groups is 1. The van der Waals surface area contributed by atoms with Crippen molar-refractivity contribution in [2.45, 2.75) is 26.2 Å². The third-order valence-electron chi connectivity index (χ3n) is 1.72. The lowest BCUT2D eigenvalue weighted by molar-refractivity contribution is -0.119. The highest BCUT2D eigenvalue weighted by atomic mass is 16.2. The molecule has 6 heteroatoms. The molecule has 1 aliphatic heterocycles. The molecule has 6 nitrogen and oxygen atoms in total. The van der Waals surface area contributed by atoms with Gasteiger partial charge in [0.2, 0.25) is 5.91 Å². The summed E-state index contributed by atoms with van der Waals surface area (Å²) in [6.07, 6.45) is 2.11. The molecule has 1 rings (SSSR count). The average molecular weight is 198 g/mol. The van der Waals surface area contributed by atoms with Crippen molar-refractivity contribution in [2.24, 2.45) is 5.10 Å². The summed E-state index contributed by atoms with van der Waals surface area (Å²) < 4.78 is 0. The number of rotatable bonds is 3. The number of hydrogen-bond donors (Lipinski definition) is 3. The maximum atomic E-state index is 11.1. The molecular formula is C8H14N4O2. The Hall–Kier alpha value is -1.59. The van der Waals surface area contributed by atoms with Crippen LogP contribution >= 0.6 is 0 Å². The lowest BCUT2D eigenvalue weighted by atomic mass is 10.3. The van der Waals surface area contributed by atoms with Crippen LogP contribution in [0.2, 0.25) is 0 Å². The molecule has 0 aromatic rings. The number of unbranched alkanes of at least 4 members (excludes halogenated alkanes) is 1. The number of hydrogen-bond acceptors (Lipinski definition) is 3. The number of hydrazone groups is 1. The third-order valence-corrected chi connectivity index (χ3v) is 1.72. The SMILES string of the molecule is CCCCNC(=O)NC1=NNC(=O)C1. The number of amides is 3. The topological polar surface area (TPSA) is 82.6 Å².